The van der Waals surface area contributed by atoms with Crippen molar-refractivity contribution in [2.24, 2.45) is 7.05 Å². The van der Waals surface area contributed by atoms with Crippen molar-refractivity contribution in [3.8, 4) is 5.75 Å². The third-order valence-electron chi connectivity index (χ3n) is 4.71. The van der Waals surface area contributed by atoms with Crippen LogP contribution in [0, 0.1) is 20.8 Å². The number of nitrogens with zero attached hydrogens (tertiary/aromatic N) is 2. The van der Waals surface area contributed by atoms with Crippen LogP contribution in [0.15, 0.2) is 40.0 Å². The number of sulfonamides is 1. The van der Waals surface area contributed by atoms with Crippen LogP contribution in [0.4, 0.5) is 0 Å². The number of pyridine rings is 1. The van der Waals surface area contributed by atoms with E-state index in [1.807, 2.05) is 26.8 Å². The maximum absolute atomic E-state index is 12.6. The second-order valence-electron chi connectivity index (χ2n) is 6.54. The highest BCUT2D eigenvalue weighted by Crippen LogP contribution is 2.25. The lowest BCUT2D eigenvalue weighted by Crippen LogP contribution is -2.56. The van der Waals surface area contributed by atoms with Gasteiger partial charge in [-0.2, -0.15) is 4.31 Å². The zero-order valence-corrected chi connectivity index (χ0v) is 15.6. The topological polar surface area (TPSA) is 68.6 Å². The van der Waals surface area contributed by atoms with E-state index >= 15 is 0 Å². The molecule has 3 rings (SSSR count). The molecular weight excluding hydrogens is 340 g/mol. The molecule has 7 heteroatoms. The molecule has 1 aliphatic heterocycles. The standard InChI is InChI=1S/C18H22N2O4S/c1-12-5-6-17(7-13(12)2)25(22,23)20-10-16(11-20)24-15-8-14(3)19(4)18(21)9-15/h5-9,16H,10-11H2,1-4H3. The highest BCUT2D eigenvalue weighted by molar-refractivity contribution is 7.89. The van der Waals surface area contributed by atoms with Gasteiger partial charge in [-0.1, -0.05) is 6.07 Å². The minimum Gasteiger partial charge on any atom is -0.487 e. The van der Waals surface area contributed by atoms with Crippen molar-refractivity contribution in [2.75, 3.05) is 13.1 Å². The molecule has 0 bridgehead atoms. The van der Waals surface area contributed by atoms with E-state index in [0.29, 0.717) is 10.6 Å². The Bertz CT molecular complexity index is 973. The van der Waals surface area contributed by atoms with Gasteiger partial charge in [-0.25, -0.2) is 8.42 Å². The smallest absolute Gasteiger partial charge is 0.254 e. The molecule has 134 valence electrons. The lowest BCUT2D eigenvalue weighted by molar-refractivity contribution is 0.0759. The zero-order chi connectivity index (χ0) is 18.4. The SMILES string of the molecule is Cc1ccc(S(=O)(=O)N2CC(Oc3cc(C)n(C)c(=O)c3)C2)cc1C. The number of benzene rings is 1. The average Bonchev–Trinajstić information content (AvgIpc) is 2.50. The summed E-state index contributed by atoms with van der Waals surface area (Å²) >= 11 is 0. The fraction of sp³-hybridized carbons (Fsp3) is 0.389. The number of hydrogen-bond donors (Lipinski definition) is 0. The summed E-state index contributed by atoms with van der Waals surface area (Å²) in [6, 6.07) is 8.35. The lowest BCUT2D eigenvalue weighted by Gasteiger charge is -2.37. The van der Waals surface area contributed by atoms with E-state index in [1.54, 1.807) is 25.2 Å². The van der Waals surface area contributed by atoms with Gasteiger partial charge in [0.25, 0.3) is 5.56 Å². The fourth-order valence-electron chi connectivity index (χ4n) is 2.69. The van der Waals surface area contributed by atoms with Crippen molar-refractivity contribution in [3.63, 3.8) is 0 Å². The van der Waals surface area contributed by atoms with Gasteiger partial charge in [-0.05, 0) is 50.1 Å². The van der Waals surface area contributed by atoms with E-state index in [4.69, 9.17) is 4.74 Å². The van der Waals surface area contributed by atoms with Crippen LogP contribution in [0.3, 0.4) is 0 Å². The monoisotopic (exact) mass is 362 g/mol. The summed E-state index contributed by atoms with van der Waals surface area (Å²) in [6.45, 7) is 6.23. The van der Waals surface area contributed by atoms with Gasteiger partial charge in [0.1, 0.15) is 11.9 Å². The first-order chi connectivity index (χ1) is 11.7. The Hall–Kier alpha value is -2.12. The van der Waals surface area contributed by atoms with Gasteiger partial charge < -0.3 is 9.30 Å². The van der Waals surface area contributed by atoms with Crippen molar-refractivity contribution in [3.05, 3.63) is 57.5 Å². The third kappa shape index (κ3) is 3.34. The molecule has 0 saturated carbocycles. The Morgan fingerprint density at radius 3 is 2.32 bits per heavy atom. The summed E-state index contributed by atoms with van der Waals surface area (Å²) in [7, 11) is -1.81. The fourth-order valence-corrected chi connectivity index (χ4v) is 4.28. The average molecular weight is 362 g/mol. The molecule has 2 heterocycles. The second-order valence-corrected chi connectivity index (χ2v) is 8.48. The minimum absolute atomic E-state index is 0.145. The molecule has 0 amide bonds. The molecule has 0 N–H and O–H groups in total. The molecule has 1 aromatic carbocycles. The van der Waals surface area contributed by atoms with E-state index in [1.165, 1.54) is 14.9 Å². The van der Waals surface area contributed by atoms with Gasteiger partial charge in [0, 0.05) is 18.8 Å². The predicted octanol–water partition coefficient (Wildman–Crippen LogP) is 1.76. The summed E-state index contributed by atoms with van der Waals surface area (Å²) in [5.41, 5.74) is 2.66. The van der Waals surface area contributed by atoms with Crippen LogP contribution in [0.25, 0.3) is 0 Å². The van der Waals surface area contributed by atoms with Crippen LogP contribution in [-0.4, -0.2) is 36.5 Å². The van der Waals surface area contributed by atoms with E-state index in [0.717, 1.165) is 16.8 Å². The Kier molecular flexibility index (Phi) is 4.47. The van der Waals surface area contributed by atoms with Gasteiger partial charge in [0.2, 0.25) is 10.0 Å². The first kappa shape index (κ1) is 17.7. The molecule has 0 spiro atoms. The van der Waals surface area contributed by atoms with E-state index in [9.17, 15) is 13.2 Å². The second kappa shape index (κ2) is 6.31. The zero-order valence-electron chi connectivity index (χ0n) is 14.8. The van der Waals surface area contributed by atoms with Gasteiger partial charge in [-0.3, -0.25) is 4.79 Å². The Morgan fingerprint density at radius 2 is 1.72 bits per heavy atom. The molecule has 2 aromatic rings. The minimum atomic E-state index is -3.50. The highest BCUT2D eigenvalue weighted by Gasteiger charge is 2.38. The van der Waals surface area contributed by atoms with Crippen molar-refractivity contribution in [1.29, 1.82) is 0 Å². The van der Waals surface area contributed by atoms with Gasteiger partial charge >= 0.3 is 0 Å². The predicted molar refractivity (Wildman–Crippen MR) is 95.5 cm³/mol. The van der Waals surface area contributed by atoms with Crippen LogP contribution >= 0.6 is 0 Å². The third-order valence-corrected chi connectivity index (χ3v) is 6.54. The molecular formula is C18H22N2O4S. The highest BCUT2D eigenvalue weighted by atomic mass is 32.2. The van der Waals surface area contributed by atoms with Crippen LogP contribution in [0.2, 0.25) is 0 Å². The molecule has 0 unspecified atom stereocenters. The summed E-state index contributed by atoms with van der Waals surface area (Å²) in [5, 5.41) is 0. The van der Waals surface area contributed by atoms with E-state index in [2.05, 4.69) is 0 Å². The molecule has 0 radical (unpaired) electrons. The van der Waals surface area contributed by atoms with Gasteiger partial charge in [-0.15, -0.1) is 0 Å². The molecule has 1 aliphatic rings. The molecule has 6 nitrogen and oxygen atoms in total. The summed E-state index contributed by atoms with van der Waals surface area (Å²) in [6.07, 6.45) is -0.243. The van der Waals surface area contributed by atoms with Crippen molar-refractivity contribution < 1.29 is 13.2 Å². The Labute approximate surface area is 147 Å². The largest absolute Gasteiger partial charge is 0.487 e. The van der Waals surface area contributed by atoms with E-state index < -0.39 is 10.0 Å². The van der Waals surface area contributed by atoms with E-state index in [-0.39, 0.29) is 24.8 Å². The van der Waals surface area contributed by atoms with Crippen LogP contribution in [0.1, 0.15) is 16.8 Å². The molecule has 1 fully saturated rings. The molecule has 25 heavy (non-hydrogen) atoms. The maximum Gasteiger partial charge on any atom is 0.254 e. The van der Waals surface area contributed by atoms with Crippen molar-refractivity contribution >= 4 is 10.0 Å². The Balaban J connectivity index is 1.69. The van der Waals surface area contributed by atoms with Crippen LogP contribution < -0.4 is 10.3 Å². The molecule has 1 aromatic heterocycles. The van der Waals surface area contributed by atoms with Crippen LogP contribution in [-0.2, 0) is 17.1 Å². The van der Waals surface area contributed by atoms with Crippen molar-refractivity contribution in [2.45, 2.75) is 31.8 Å². The summed E-state index contributed by atoms with van der Waals surface area (Å²) in [5.74, 6) is 0.480. The number of aryl methyl sites for hydroxylation is 3. The normalized spacial score (nSPS) is 15.8. The van der Waals surface area contributed by atoms with Crippen LogP contribution in [0.5, 0.6) is 5.75 Å². The number of aromatic nitrogens is 1. The number of hydrogen-bond acceptors (Lipinski definition) is 4. The lowest BCUT2D eigenvalue weighted by atomic mass is 10.1. The molecule has 0 atom stereocenters. The molecule has 0 aliphatic carbocycles. The maximum atomic E-state index is 12.6. The van der Waals surface area contributed by atoms with Crippen molar-refractivity contribution in [1.82, 2.24) is 8.87 Å². The summed E-state index contributed by atoms with van der Waals surface area (Å²) in [4.78, 5) is 12.1. The Morgan fingerprint density at radius 1 is 1.04 bits per heavy atom. The quantitative estimate of drug-likeness (QED) is 0.831. The summed E-state index contributed by atoms with van der Waals surface area (Å²) < 4.78 is 34.0. The molecule has 1 saturated heterocycles. The first-order valence-electron chi connectivity index (χ1n) is 8.10. The number of rotatable bonds is 4. The van der Waals surface area contributed by atoms with Gasteiger partial charge in [0.15, 0.2) is 0 Å². The van der Waals surface area contributed by atoms with Gasteiger partial charge in [0.05, 0.1) is 18.0 Å². The number of ether oxygens (including phenoxy) is 1. The first-order valence-corrected chi connectivity index (χ1v) is 9.54.